The largest absolute Gasteiger partial charge is 0.497 e. The Labute approximate surface area is 219 Å². The molecular weight excluding hydrogens is 494 g/mol. The first-order chi connectivity index (χ1) is 18.3. The van der Waals surface area contributed by atoms with Crippen LogP contribution in [0.2, 0.25) is 0 Å². The lowest BCUT2D eigenvalue weighted by atomic mass is 10.1. The highest BCUT2D eigenvalue weighted by Crippen LogP contribution is 2.30. The molecule has 0 saturated carbocycles. The summed E-state index contributed by atoms with van der Waals surface area (Å²) >= 11 is 0. The number of carbonyl (C=O) groups excluding carboxylic acids is 1. The first-order valence-electron chi connectivity index (χ1n) is 12.0. The lowest BCUT2D eigenvalue weighted by molar-refractivity contribution is -0.384. The number of benzene rings is 2. The zero-order valence-corrected chi connectivity index (χ0v) is 21.5. The van der Waals surface area contributed by atoms with Crippen LogP contribution in [0.1, 0.15) is 6.42 Å². The number of ether oxygens (including phenoxy) is 3. The van der Waals surface area contributed by atoms with Crippen molar-refractivity contribution in [2.45, 2.75) is 6.42 Å². The lowest BCUT2D eigenvalue weighted by Crippen LogP contribution is -2.36. The molecule has 0 radical (unpaired) electrons. The Morgan fingerprint density at radius 2 is 1.92 bits per heavy atom. The van der Waals surface area contributed by atoms with Gasteiger partial charge in [0.1, 0.15) is 17.1 Å². The van der Waals surface area contributed by atoms with E-state index in [-0.39, 0.29) is 30.0 Å². The van der Waals surface area contributed by atoms with Gasteiger partial charge in [-0.25, -0.2) is 0 Å². The molecule has 0 atom stereocenters. The zero-order chi connectivity index (χ0) is 27.2. The number of carbonyl (C=O) groups is 1. The number of esters is 1. The fourth-order valence-electron chi connectivity index (χ4n) is 4.18. The normalized spacial score (nSPS) is 13.2. The van der Waals surface area contributed by atoms with E-state index in [1.807, 2.05) is 4.90 Å². The molecule has 1 aliphatic heterocycles. The van der Waals surface area contributed by atoms with Crippen molar-refractivity contribution >= 4 is 23.0 Å². The van der Waals surface area contributed by atoms with E-state index >= 15 is 0 Å². The minimum absolute atomic E-state index is 0.0383. The second-order valence-electron chi connectivity index (χ2n) is 8.64. The predicted molar refractivity (Wildman–Crippen MR) is 141 cm³/mol. The molecule has 0 unspecified atom stereocenters. The number of rotatable bonds is 9. The number of nitro groups is 1. The summed E-state index contributed by atoms with van der Waals surface area (Å²) in [5.41, 5.74) is 1.19. The van der Waals surface area contributed by atoms with Gasteiger partial charge in [-0.05, 0) is 30.3 Å². The van der Waals surface area contributed by atoms with E-state index in [0.29, 0.717) is 43.3 Å². The van der Waals surface area contributed by atoms with Gasteiger partial charge in [-0.2, -0.15) is 9.78 Å². The summed E-state index contributed by atoms with van der Waals surface area (Å²) in [5.74, 6) is 0.163. The Morgan fingerprint density at radius 1 is 1.16 bits per heavy atom. The molecule has 4 rings (SSSR count). The van der Waals surface area contributed by atoms with Gasteiger partial charge in [0, 0.05) is 44.0 Å². The molecule has 1 aliphatic rings. The number of hydrogen-bond donors (Lipinski definition) is 0. The molecule has 0 bridgehead atoms. The van der Waals surface area contributed by atoms with Crippen molar-refractivity contribution in [2.24, 2.45) is 0 Å². The molecular formula is C26H29N5O7. The highest BCUT2D eigenvalue weighted by atomic mass is 16.6. The number of hydrogen-bond acceptors (Lipinski definition) is 10. The molecule has 200 valence electrons. The molecule has 0 aliphatic carbocycles. The first kappa shape index (κ1) is 26.6. The molecule has 2 aromatic carbocycles. The third-order valence-electron chi connectivity index (χ3n) is 6.31. The molecule has 2 heterocycles. The zero-order valence-electron chi connectivity index (χ0n) is 21.5. The average molecular weight is 524 g/mol. The number of nitrogens with zero attached hydrogens (tertiary/aromatic N) is 5. The lowest BCUT2D eigenvalue weighted by Gasteiger charge is -2.29. The molecule has 12 heteroatoms. The van der Waals surface area contributed by atoms with Gasteiger partial charge in [0.15, 0.2) is 0 Å². The third kappa shape index (κ3) is 5.75. The maximum Gasteiger partial charge on any atom is 0.307 e. The van der Waals surface area contributed by atoms with Crippen LogP contribution >= 0.6 is 0 Å². The summed E-state index contributed by atoms with van der Waals surface area (Å²) in [5, 5.41) is 16.6. The number of anilines is 2. The molecule has 0 N–H and O–H groups in total. The number of methoxy groups -OCH3 is 2. The van der Waals surface area contributed by atoms with Crippen LogP contribution < -0.4 is 20.1 Å². The van der Waals surface area contributed by atoms with Crippen molar-refractivity contribution in [3.8, 4) is 22.7 Å². The van der Waals surface area contributed by atoms with Crippen LogP contribution in [0.3, 0.4) is 0 Å². The molecule has 0 amide bonds. The van der Waals surface area contributed by atoms with Gasteiger partial charge in [-0.1, -0.05) is 12.1 Å². The quantitative estimate of drug-likeness (QED) is 0.234. The van der Waals surface area contributed by atoms with Crippen LogP contribution in [0.25, 0.3) is 16.9 Å². The van der Waals surface area contributed by atoms with E-state index in [4.69, 9.17) is 14.2 Å². The molecule has 3 aromatic rings. The minimum Gasteiger partial charge on any atom is -0.497 e. The fraction of sp³-hybridized carbons (Fsp3) is 0.346. The highest BCUT2D eigenvalue weighted by Gasteiger charge is 2.24. The second kappa shape index (κ2) is 11.7. The van der Waals surface area contributed by atoms with Gasteiger partial charge in [-0.15, -0.1) is 0 Å². The average Bonchev–Trinajstić information content (AvgIpc) is 2.95. The molecule has 1 aromatic heterocycles. The summed E-state index contributed by atoms with van der Waals surface area (Å²) in [6, 6.07) is 13.4. The van der Waals surface area contributed by atoms with E-state index in [1.165, 1.54) is 13.2 Å². The number of nitro benzene ring substituents is 1. The van der Waals surface area contributed by atoms with Gasteiger partial charge in [0.05, 0.1) is 44.5 Å². The Hall–Kier alpha value is -4.45. The Bertz CT molecular complexity index is 1380. The molecule has 38 heavy (non-hydrogen) atoms. The number of morpholine rings is 1. The van der Waals surface area contributed by atoms with Crippen molar-refractivity contribution in [1.82, 2.24) is 9.78 Å². The monoisotopic (exact) mass is 523 g/mol. The van der Waals surface area contributed by atoms with E-state index in [0.717, 1.165) is 10.4 Å². The van der Waals surface area contributed by atoms with E-state index in [1.54, 1.807) is 61.5 Å². The second-order valence-corrected chi connectivity index (χ2v) is 8.64. The van der Waals surface area contributed by atoms with Crippen LogP contribution in [0, 0.1) is 10.1 Å². The summed E-state index contributed by atoms with van der Waals surface area (Å²) < 4.78 is 16.5. The molecule has 0 spiro atoms. The van der Waals surface area contributed by atoms with Crippen LogP contribution in [0.5, 0.6) is 5.75 Å². The van der Waals surface area contributed by atoms with E-state index < -0.39 is 16.5 Å². The number of aromatic nitrogens is 2. The smallest absolute Gasteiger partial charge is 0.307 e. The minimum atomic E-state index is -0.564. The van der Waals surface area contributed by atoms with E-state index in [9.17, 15) is 19.7 Å². The molecule has 12 nitrogen and oxygen atoms in total. The summed E-state index contributed by atoms with van der Waals surface area (Å²) in [7, 11) is 4.50. The van der Waals surface area contributed by atoms with Gasteiger partial charge >= 0.3 is 5.97 Å². The maximum absolute atomic E-state index is 13.8. The van der Waals surface area contributed by atoms with Crippen LogP contribution in [0.4, 0.5) is 17.1 Å². The SMILES string of the molecule is COC(=O)CCN(C)c1cc(-c2cccc(OC)c2)nn(-c2cc(N3CCOCC3)ccc2[N+](=O)[O-])c1=O. The summed E-state index contributed by atoms with van der Waals surface area (Å²) in [6.07, 6.45) is 0.0515. The molecule has 1 fully saturated rings. The Kier molecular flexibility index (Phi) is 8.22. The van der Waals surface area contributed by atoms with Gasteiger partial charge in [0.2, 0.25) is 0 Å². The van der Waals surface area contributed by atoms with E-state index in [2.05, 4.69) is 5.10 Å². The van der Waals surface area contributed by atoms with Crippen molar-refractivity contribution < 1.29 is 23.9 Å². The summed E-state index contributed by atoms with van der Waals surface area (Å²) in [4.78, 5) is 40.6. The van der Waals surface area contributed by atoms with Crippen LogP contribution in [0.15, 0.2) is 53.3 Å². The molecule has 1 saturated heterocycles. The van der Waals surface area contributed by atoms with Crippen molar-refractivity contribution in [2.75, 3.05) is 63.9 Å². The van der Waals surface area contributed by atoms with Crippen LogP contribution in [-0.2, 0) is 14.3 Å². The van der Waals surface area contributed by atoms with Crippen LogP contribution in [-0.4, -0.2) is 74.8 Å². The van der Waals surface area contributed by atoms with Crippen molar-refractivity contribution in [1.29, 1.82) is 0 Å². The standard InChI is InChI=1S/C26H29N5O7/c1-28(10-9-25(32)37-3)24-17-21(18-5-4-6-20(15-18)36-2)27-30(26(24)33)23-16-19(7-8-22(23)31(34)35)29-11-13-38-14-12-29/h4-8,15-17H,9-14H2,1-3H3. The van der Waals surface area contributed by atoms with Gasteiger partial charge in [-0.3, -0.25) is 19.7 Å². The summed E-state index contributed by atoms with van der Waals surface area (Å²) in [6.45, 7) is 2.49. The van der Waals surface area contributed by atoms with Crippen molar-refractivity contribution in [3.05, 3.63) is 69.0 Å². The first-order valence-corrected chi connectivity index (χ1v) is 12.0. The fourth-order valence-corrected chi connectivity index (χ4v) is 4.18. The predicted octanol–water partition coefficient (Wildman–Crippen LogP) is 2.65. The maximum atomic E-state index is 13.8. The van der Waals surface area contributed by atoms with Gasteiger partial charge < -0.3 is 24.0 Å². The highest BCUT2D eigenvalue weighted by molar-refractivity contribution is 5.71. The van der Waals surface area contributed by atoms with Crippen molar-refractivity contribution in [3.63, 3.8) is 0 Å². The third-order valence-corrected chi connectivity index (χ3v) is 6.31. The van der Waals surface area contributed by atoms with Gasteiger partial charge in [0.25, 0.3) is 11.2 Å². The Balaban J connectivity index is 1.90. The Morgan fingerprint density at radius 3 is 2.61 bits per heavy atom. The topological polar surface area (TPSA) is 129 Å².